The number of hydrogen-bond acceptors (Lipinski definition) is 4. The number of H-pyrrole nitrogens is 1. The summed E-state index contributed by atoms with van der Waals surface area (Å²) in [6, 6.07) is 7.50. The first-order chi connectivity index (χ1) is 12.0. The maximum Gasteiger partial charge on any atom is 0.227 e. The van der Waals surface area contributed by atoms with Crippen molar-refractivity contribution in [2.45, 2.75) is 26.4 Å². The average Bonchev–Trinajstić information content (AvgIpc) is 3.15. The van der Waals surface area contributed by atoms with Crippen molar-refractivity contribution in [1.29, 1.82) is 0 Å². The van der Waals surface area contributed by atoms with Crippen LogP contribution < -0.4 is 10.2 Å². The van der Waals surface area contributed by atoms with Crippen molar-refractivity contribution in [3.05, 3.63) is 39.3 Å². The summed E-state index contributed by atoms with van der Waals surface area (Å²) in [7, 11) is 0. The fraction of sp³-hybridized carbons (Fsp3) is 0.375. The molecule has 2 amide bonds. The van der Waals surface area contributed by atoms with Gasteiger partial charge in [0.2, 0.25) is 11.8 Å². The van der Waals surface area contributed by atoms with Crippen LogP contribution in [0.5, 0.6) is 0 Å². The molecule has 1 aliphatic heterocycles. The van der Waals surface area contributed by atoms with Crippen LogP contribution in [0.2, 0.25) is 0 Å². The zero-order valence-corrected chi connectivity index (χ0v) is 16.1. The molecule has 0 saturated carbocycles. The Bertz CT molecular complexity index is 862. The normalized spacial score (nSPS) is 17.1. The lowest BCUT2D eigenvalue weighted by molar-refractivity contribution is -0.126. The molecule has 132 valence electrons. The van der Waals surface area contributed by atoms with Crippen LogP contribution in [0.25, 0.3) is 0 Å². The van der Waals surface area contributed by atoms with Crippen LogP contribution >= 0.6 is 28.1 Å². The molecule has 1 aliphatic rings. The molecule has 1 aromatic carbocycles. The third-order valence-corrected chi connectivity index (χ3v) is 4.99. The Kier molecular flexibility index (Phi) is 5.33. The fourth-order valence-electron chi connectivity index (χ4n) is 2.90. The SMILES string of the molecule is CCn1c(CNC(=O)C2CC(=O)N(c3cccc(Br)c3)C2)n[nH]c1=S. The predicted octanol–water partition coefficient (Wildman–Crippen LogP) is 2.39. The van der Waals surface area contributed by atoms with E-state index in [0.29, 0.717) is 23.7 Å². The highest BCUT2D eigenvalue weighted by atomic mass is 79.9. The summed E-state index contributed by atoms with van der Waals surface area (Å²) in [6.45, 7) is 3.30. The summed E-state index contributed by atoms with van der Waals surface area (Å²) in [5, 5.41) is 9.70. The molecule has 0 aliphatic carbocycles. The molecule has 2 aromatic rings. The van der Waals surface area contributed by atoms with E-state index in [1.165, 1.54) is 0 Å². The molecular formula is C16H18BrN5O2S. The third kappa shape index (κ3) is 3.82. The standard InChI is InChI=1S/C16H18BrN5O2S/c1-2-21-13(19-20-16(21)25)8-18-15(24)10-6-14(23)22(9-10)12-5-3-4-11(17)7-12/h3-5,7,10H,2,6,8-9H2,1H3,(H,18,24)(H,20,25). The number of aromatic nitrogens is 3. The lowest BCUT2D eigenvalue weighted by Crippen LogP contribution is -2.33. The predicted molar refractivity (Wildman–Crippen MR) is 99.5 cm³/mol. The molecule has 9 heteroatoms. The van der Waals surface area contributed by atoms with E-state index in [-0.39, 0.29) is 30.7 Å². The molecule has 1 saturated heterocycles. The highest BCUT2D eigenvalue weighted by molar-refractivity contribution is 9.10. The molecule has 1 aromatic heterocycles. The van der Waals surface area contributed by atoms with Crippen molar-refractivity contribution in [2.24, 2.45) is 5.92 Å². The molecule has 2 heterocycles. The molecular weight excluding hydrogens is 406 g/mol. The average molecular weight is 424 g/mol. The minimum Gasteiger partial charge on any atom is -0.348 e. The number of nitrogens with one attached hydrogen (secondary N) is 2. The molecule has 7 nitrogen and oxygen atoms in total. The van der Waals surface area contributed by atoms with Gasteiger partial charge in [-0.1, -0.05) is 22.0 Å². The number of aromatic amines is 1. The summed E-state index contributed by atoms with van der Waals surface area (Å²) in [5.41, 5.74) is 0.793. The number of anilines is 1. The molecule has 3 rings (SSSR count). The van der Waals surface area contributed by atoms with Gasteiger partial charge >= 0.3 is 0 Å². The second-order valence-corrected chi connectivity index (χ2v) is 7.09. The van der Waals surface area contributed by atoms with Crippen molar-refractivity contribution in [1.82, 2.24) is 20.1 Å². The van der Waals surface area contributed by atoms with Gasteiger partial charge in [-0.15, -0.1) is 0 Å². The number of carbonyl (C=O) groups excluding carboxylic acids is 2. The summed E-state index contributed by atoms with van der Waals surface area (Å²) in [6.07, 6.45) is 0.207. The van der Waals surface area contributed by atoms with Gasteiger partial charge in [0.15, 0.2) is 10.6 Å². The number of benzene rings is 1. The zero-order valence-electron chi connectivity index (χ0n) is 13.7. The van der Waals surface area contributed by atoms with E-state index >= 15 is 0 Å². The fourth-order valence-corrected chi connectivity index (χ4v) is 3.57. The Morgan fingerprint density at radius 2 is 2.32 bits per heavy atom. The molecule has 25 heavy (non-hydrogen) atoms. The molecule has 0 radical (unpaired) electrons. The van der Waals surface area contributed by atoms with Gasteiger partial charge in [-0.3, -0.25) is 14.7 Å². The first kappa shape index (κ1) is 17.8. The zero-order chi connectivity index (χ0) is 18.0. The minimum atomic E-state index is -0.372. The number of nitrogens with zero attached hydrogens (tertiary/aromatic N) is 3. The smallest absolute Gasteiger partial charge is 0.227 e. The van der Waals surface area contributed by atoms with Crippen molar-refractivity contribution in [3.63, 3.8) is 0 Å². The highest BCUT2D eigenvalue weighted by Crippen LogP contribution is 2.27. The van der Waals surface area contributed by atoms with E-state index in [2.05, 4.69) is 31.4 Å². The molecule has 0 bridgehead atoms. The quantitative estimate of drug-likeness (QED) is 0.723. The molecule has 1 unspecified atom stereocenters. The highest BCUT2D eigenvalue weighted by Gasteiger charge is 2.35. The van der Waals surface area contributed by atoms with E-state index in [1.807, 2.05) is 35.8 Å². The maximum atomic E-state index is 12.4. The van der Waals surface area contributed by atoms with Gasteiger partial charge in [-0.25, -0.2) is 0 Å². The molecule has 1 fully saturated rings. The molecule has 2 N–H and O–H groups in total. The van der Waals surface area contributed by atoms with Crippen LogP contribution in [0, 0.1) is 10.7 Å². The first-order valence-electron chi connectivity index (χ1n) is 7.97. The lowest BCUT2D eigenvalue weighted by atomic mass is 10.1. The van der Waals surface area contributed by atoms with E-state index in [0.717, 1.165) is 10.2 Å². The Morgan fingerprint density at radius 3 is 3.04 bits per heavy atom. The van der Waals surface area contributed by atoms with E-state index in [1.54, 1.807) is 4.90 Å². The van der Waals surface area contributed by atoms with E-state index in [9.17, 15) is 9.59 Å². The largest absolute Gasteiger partial charge is 0.348 e. The summed E-state index contributed by atoms with van der Waals surface area (Å²) in [4.78, 5) is 26.4. The topological polar surface area (TPSA) is 83.0 Å². The van der Waals surface area contributed by atoms with Crippen LogP contribution in [0.15, 0.2) is 28.7 Å². The van der Waals surface area contributed by atoms with Crippen LogP contribution in [-0.4, -0.2) is 33.1 Å². The first-order valence-corrected chi connectivity index (χ1v) is 9.17. The van der Waals surface area contributed by atoms with Gasteiger partial charge in [0.1, 0.15) is 0 Å². The maximum absolute atomic E-state index is 12.4. The minimum absolute atomic E-state index is 0.0468. The van der Waals surface area contributed by atoms with Crippen molar-refractivity contribution in [3.8, 4) is 0 Å². The van der Waals surface area contributed by atoms with E-state index < -0.39 is 0 Å². The van der Waals surface area contributed by atoms with Crippen LogP contribution in [0.4, 0.5) is 5.69 Å². The Morgan fingerprint density at radius 1 is 1.52 bits per heavy atom. The number of hydrogen-bond donors (Lipinski definition) is 2. The lowest BCUT2D eigenvalue weighted by Gasteiger charge is -2.17. The van der Waals surface area contributed by atoms with Crippen molar-refractivity contribution >= 4 is 45.6 Å². The van der Waals surface area contributed by atoms with Gasteiger partial charge in [-0.05, 0) is 37.3 Å². The third-order valence-electron chi connectivity index (χ3n) is 4.19. The Labute approximate surface area is 158 Å². The number of halogens is 1. The van der Waals surface area contributed by atoms with Crippen LogP contribution in [-0.2, 0) is 22.7 Å². The second-order valence-electron chi connectivity index (χ2n) is 5.79. The number of rotatable bonds is 5. The second kappa shape index (κ2) is 7.49. The van der Waals surface area contributed by atoms with Crippen LogP contribution in [0.3, 0.4) is 0 Å². The van der Waals surface area contributed by atoms with Gasteiger partial charge in [0.25, 0.3) is 0 Å². The monoisotopic (exact) mass is 423 g/mol. The Hall–Kier alpha value is -2.00. The van der Waals surface area contributed by atoms with Crippen LogP contribution in [0.1, 0.15) is 19.2 Å². The van der Waals surface area contributed by atoms with E-state index in [4.69, 9.17) is 12.2 Å². The van der Waals surface area contributed by atoms with Gasteiger partial charge in [0.05, 0.1) is 12.5 Å². The summed E-state index contributed by atoms with van der Waals surface area (Å²) in [5.74, 6) is 0.106. The van der Waals surface area contributed by atoms with Gasteiger partial charge in [-0.2, -0.15) is 5.10 Å². The van der Waals surface area contributed by atoms with Crippen molar-refractivity contribution in [2.75, 3.05) is 11.4 Å². The van der Waals surface area contributed by atoms with Crippen molar-refractivity contribution < 1.29 is 9.59 Å². The number of carbonyl (C=O) groups is 2. The summed E-state index contributed by atoms with van der Waals surface area (Å²) < 4.78 is 3.25. The van der Waals surface area contributed by atoms with Gasteiger partial charge in [0, 0.05) is 29.7 Å². The Balaban J connectivity index is 1.64. The molecule has 0 spiro atoms. The number of amides is 2. The molecule has 1 atom stereocenters. The van der Waals surface area contributed by atoms with Gasteiger partial charge < -0.3 is 14.8 Å². The summed E-state index contributed by atoms with van der Waals surface area (Å²) >= 11 is 8.53.